The fraction of sp³-hybridized carbons (Fsp3) is 0.300. The molecule has 1 aromatic carbocycles. The number of nitrogens with one attached hydrogen (secondary N) is 1. The van der Waals surface area contributed by atoms with Crippen LogP contribution in [0.5, 0.6) is 0 Å². The molecular weight excluding hydrogens is 314 g/mol. The minimum atomic E-state index is -0.265. The summed E-state index contributed by atoms with van der Waals surface area (Å²) in [6.45, 7) is 4.37. The van der Waals surface area contributed by atoms with Crippen LogP contribution in [0.25, 0.3) is 5.65 Å². The van der Waals surface area contributed by atoms with Crippen molar-refractivity contribution < 1.29 is 9.53 Å². The molecule has 0 saturated carbocycles. The van der Waals surface area contributed by atoms with E-state index in [1.807, 2.05) is 47.9 Å². The standard InChI is InChI=1S/C20H23N3O2/c1-3-25-19(24)14-21-20-17(10-9-16-7-5-4-6-8-16)22-18-13-15(2)11-12-23(18)20/h4-8,11-13,21H,3,9-10,14H2,1-2H3. The number of aryl methyl sites for hydroxylation is 3. The fourth-order valence-corrected chi connectivity index (χ4v) is 2.83. The molecule has 130 valence electrons. The van der Waals surface area contributed by atoms with Gasteiger partial charge in [0, 0.05) is 6.20 Å². The van der Waals surface area contributed by atoms with E-state index in [1.54, 1.807) is 6.92 Å². The number of aromatic nitrogens is 2. The number of rotatable bonds is 7. The first kappa shape index (κ1) is 17.0. The summed E-state index contributed by atoms with van der Waals surface area (Å²) >= 11 is 0. The van der Waals surface area contributed by atoms with Gasteiger partial charge in [0.1, 0.15) is 18.0 Å². The Morgan fingerprint density at radius 2 is 2.00 bits per heavy atom. The number of imidazole rings is 1. The molecule has 25 heavy (non-hydrogen) atoms. The Morgan fingerprint density at radius 1 is 1.20 bits per heavy atom. The summed E-state index contributed by atoms with van der Waals surface area (Å²) in [4.78, 5) is 16.5. The van der Waals surface area contributed by atoms with E-state index in [1.165, 1.54) is 5.56 Å². The Balaban J connectivity index is 1.84. The van der Waals surface area contributed by atoms with E-state index in [0.717, 1.165) is 35.6 Å². The lowest BCUT2D eigenvalue weighted by atomic mass is 10.1. The van der Waals surface area contributed by atoms with Crippen molar-refractivity contribution in [2.24, 2.45) is 0 Å². The molecule has 2 aromatic heterocycles. The zero-order valence-electron chi connectivity index (χ0n) is 14.7. The van der Waals surface area contributed by atoms with Gasteiger partial charge in [-0.05, 0) is 49.9 Å². The van der Waals surface area contributed by atoms with Crippen LogP contribution >= 0.6 is 0 Å². The molecule has 0 aliphatic heterocycles. The first-order chi connectivity index (χ1) is 12.2. The smallest absolute Gasteiger partial charge is 0.325 e. The van der Waals surface area contributed by atoms with E-state index in [0.29, 0.717) is 6.61 Å². The highest BCUT2D eigenvalue weighted by molar-refractivity contribution is 5.75. The quantitative estimate of drug-likeness (QED) is 0.671. The van der Waals surface area contributed by atoms with E-state index in [4.69, 9.17) is 9.72 Å². The Bertz CT molecular complexity index is 856. The second-order valence-electron chi connectivity index (χ2n) is 5.98. The monoisotopic (exact) mass is 337 g/mol. The number of anilines is 1. The summed E-state index contributed by atoms with van der Waals surface area (Å²) in [7, 11) is 0. The maximum atomic E-state index is 11.7. The maximum absolute atomic E-state index is 11.7. The fourth-order valence-electron chi connectivity index (χ4n) is 2.83. The normalized spacial score (nSPS) is 10.8. The number of fused-ring (bicyclic) bond motifs is 1. The third kappa shape index (κ3) is 4.18. The van der Waals surface area contributed by atoms with Crippen molar-refractivity contribution >= 4 is 17.4 Å². The molecule has 0 unspecified atom stereocenters. The molecule has 0 atom stereocenters. The average Bonchev–Trinajstić information content (AvgIpc) is 2.96. The van der Waals surface area contributed by atoms with Crippen LogP contribution in [0.3, 0.4) is 0 Å². The van der Waals surface area contributed by atoms with Gasteiger partial charge >= 0.3 is 5.97 Å². The van der Waals surface area contributed by atoms with Gasteiger partial charge in [0.2, 0.25) is 0 Å². The number of hydrogen-bond acceptors (Lipinski definition) is 4. The molecule has 0 fully saturated rings. The molecule has 5 nitrogen and oxygen atoms in total. The summed E-state index contributed by atoms with van der Waals surface area (Å²) in [6, 6.07) is 14.4. The largest absolute Gasteiger partial charge is 0.465 e. The van der Waals surface area contributed by atoms with Gasteiger partial charge < -0.3 is 10.1 Å². The minimum Gasteiger partial charge on any atom is -0.465 e. The number of pyridine rings is 1. The molecule has 0 aliphatic carbocycles. The molecule has 2 heterocycles. The number of carbonyl (C=O) groups excluding carboxylic acids is 1. The Hall–Kier alpha value is -2.82. The summed E-state index contributed by atoms with van der Waals surface area (Å²) < 4.78 is 7.00. The maximum Gasteiger partial charge on any atom is 0.325 e. The Kier molecular flexibility index (Phi) is 5.33. The summed E-state index contributed by atoms with van der Waals surface area (Å²) in [5.74, 6) is 0.595. The number of benzene rings is 1. The van der Waals surface area contributed by atoms with E-state index >= 15 is 0 Å². The lowest BCUT2D eigenvalue weighted by Gasteiger charge is -2.08. The van der Waals surface area contributed by atoms with Gasteiger partial charge in [-0.2, -0.15) is 0 Å². The van der Waals surface area contributed by atoms with E-state index in [-0.39, 0.29) is 12.5 Å². The van der Waals surface area contributed by atoms with Crippen molar-refractivity contribution in [1.82, 2.24) is 9.38 Å². The molecular formula is C20H23N3O2. The predicted octanol–water partition coefficient (Wildman–Crippen LogP) is 3.40. The van der Waals surface area contributed by atoms with Crippen molar-refractivity contribution in [3.05, 3.63) is 65.5 Å². The molecule has 0 aliphatic rings. The number of nitrogens with zero attached hydrogens (tertiary/aromatic N) is 2. The number of carbonyl (C=O) groups is 1. The highest BCUT2D eigenvalue weighted by Crippen LogP contribution is 2.21. The first-order valence-electron chi connectivity index (χ1n) is 8.58. The van der Waals surface area contributed by atoms with Crippen molar-refractivity contribution in [3.63, 3.8) is 0 Å². The van der Waals surface area contributed by atoms with E-state index < -0.39 is 0 Å². The molecule has 0 radical (unpaired) electrons. The molecule has 0 amide bonds. The summed E-state index contributed by atoms with van der Waals surface area (Å²) in [5.41, 5.74) is 4.27. The van der Waals surface area contributed by atoms with Crippen LogP contribution in [0.1, 0.15) is 23.7 Å². The van der Waals surface area contributed by atoms with Gasteiger partial charge in [-0.25, -0.2) is 4.98 Å². The van der Waals surface area contributed by atoms with Crippen LogP contribution in [0.2, 0.25) is 0 Å². The predicted molar refractivity (Wildman–Crippen MR) is 98.9 cm³/mol. The third-order valence-electron chi connectivity index (χ3n) is 4.05. The molecule has 0 saturated heterocycles. The van der Waals surface area contributed by atoms with Crippen molar-refractivity contribution in [2.75, 3.05) is 18.5 Å². The molecule has 3 rings (SSSR count). The van der Waals surface area contributed by atoms with Crippen LogP contribution in [-0.2, 0) is 22.4 Å². The number of ether oxygens (including phenoxy) is 1. The summed E-state index contributed by atoms with van der Waals surface area (Å²) in [5, 5.41) is 3.20. The van der Waals surface area contributed by atoms with Crippen LogP contribution in [0, 0.1) is 6.92 Å². The van der Waals surface area contributed by atoms with Crippen molar-refractivity contribution in [1.29, 1.82) is 0 Å². The average molecular weight is 337 g/mol. The van der Waals surface area contributed by atoms with Gasteiger partial charge in [-0.1, -0.05) is 30.3 Å². The third-order valence-corrected chi connectivity index (χ3v) is 4.05. The molecule has 5 heteroatoms. The molecule has 0 spiro atoms. The topological polar surface area (TPSA) is 55.6 Å². The summed E-state index contributed by atoms with van der Waals surface area (Å²) in [6.07, 6.45) is 3.69. The van der Waals surface area contributed by atoms with Crippen molar-refractivity contribution in [2.45, 2.75) is 26.7 Å². The lowest BCUT2D eigenvalue weighted by molar-refractivity contribution is -0.140. The first-order valence-corrected chi connectivity index (χ1v) is 8.58. The Labute approximate surface area is 147 Å². The van der Waals surface area contributed by atoms with E-state index in [9.17, 15) is 4.79 Å². The molecule has 1 N–H and O–H groups in total. The van der Waals surface area contributed by atoms with Gasteiger partial charge in [-0.15, -0.1) is 0 Å². The number of esters is 1. The van der Waals surface area contributed by atoms with Gasteiger partial charge in [-0.3, -0.25) is 9.20 Å². The second kappa shape index (κ2) is 7.83. The van der Waals surface area contributed by atoms with Gasteiger partial charge in [0.05, 0.1) is 12.3 Å². The van der Waals surface area contributed by atoms with Crippen LogP contribution < -0.4 is 5.32 Å². The second-order valence-corrected chi connectivity index (χ2v) is 5.98. The van der Waals surface area contributed by atoms with Crippen molar-refractivity contribution in [3.8, 4) is 0 Å². The number of hydrogen-bond donors (Lipinski definition) is 1. The van der Waals surface area contributed by atoms with Gasteiger partial charge in [0.15, 0.2) is 0 Å². The zero-order chi connectivity index (χ0) is 17.6. The molecule has 0 bridgehead atoms. The van der Waals surface area contributed by atoms with Gasteiger partial charge in [0.25, 0.3) is 0 Å². The highest BCUT2D eigenvalue weighted by atomic mass is 16.5. The van der Waals surface area contributed by atoms with Crippen LogP contribution in [0.4, 0.5) is 5.82 Å². The Morgan fingerprint density at radius 3 is 2.76 bits per heavy atom. The molecule has 3 aromatic rings. The minimum absolute atomic E-state index is 0.133. The lowest BCUT2D eigenvalue weighted by Crippen LogP contribution is -2.18. The zero-order valence-corrected chi connectivity index (χ0v) is 14.7. The SMILES string of the molecule is CCOC(=O)CNc1c(CCc2ccccc2)nc2cc(C)ccn12. The van der Waals surface area contributed by atoms with E-state index in [2.05, 4.69) is 17.4 Å². The highest BCUT2D eigenvalue weighted by Gasteiger charge is 2.13. The van der Waals surface area contributed by atoms with Crippen LogP contribution in [0.15, 0.2) is 48.7 Å². The van der Waals surface area contributed by atoms with Crippen LogP contribution in [-0.4, -0.2) is 28.5 Å².